The predicted octanol–water partition coefficient (Wildman–Crippen LogP) is 6.34. The lowest BCUT2D eigenvalue weighted by Gasteiger charge is -2.32. The number of nitro groups is 1. The molecule has 37 heavy (non-hydrogen) atoms. The van der Waals surface area contributed by atoms with Gasteiger partial charge in [-0.1, -0.05) is 19.8 Å². The summed E-state index contributed by atoms with van der Waals surface area (Å²) in [5.41, 5.74) is -0.106. The van der Waals surface area contributed by atoms with Gasteiger partial charge in [-0.05, 0) is 76.7 Å². The van der Waals surface area contributed by atoms with Crippen LogP contribution >= 0.6 is 0 Å². The zero-order chi connectivity index (χ0) is 27.3. The highest BCUT2D eigenvalue weighted by molar-refractivity contribution is 6.02. The molecule has 206 valence electrons. The highest BCUT2D eigenvalue weighted by Crippen LogP contribution is 2.51. The van der Waals surface area contributed by atoms with Gasteiger partial charge in [-0.25, -0.2) is 0 Å². The van der Waals surface area contributed by atoms with Crippen molar-refractivity contribution >= 4 is 22.8 Å². The van der Waals surface area contributed by atoms with E-state index in [1.54, 1.807) is 19.9 Å². The molecule has 1 saturated heterocycles. The molecule has 0 aromatic heterocycles. The molecule has 5 rings (SSSR count). The van der Waals surface area contributed by atoms with Crippen molar-refractivity contribution in [1.82, 2.24) is 0 Å². The minimum atomic E-state index is -3.94. The smallest absolute Gasteiger partial charge is 0.388 e. The van der Waals surface area contributed by atoms with Gasteiger partial charge in [0.15, 0.2) is 5.78 Å². The van der Waals surface area contributed by atoms with Crippen LogP contribution in [0.2, 0.25) is 0 Å². The van der Waals surface area contributed by atoms with Crippen molar-refractivity contribution in [3.8, 4) is 0 Å². The zero-order valence-corrected chi connectivity index (χ0v) is 22.0. The number of carbonyl (C=O) groups is 1. The number of halogens is 3. The first-order valence-corrected chi connectivity index (χ1v) is 13.3. The van der Waals surface area contributed by atoms with E-state index in [9.17, 15) is 33.2 Å². The third kappa shape index (κ3) is 6.04. The predicted molar refractivity (Wildman–Crippen MR) is 136 cm³/mol. The van der Waals surface area contributed by atoms with Gasteiger partial charge in [0.25, 0.3) is 5.69 Å². The topological polar surface area (TPSA) is 95.7 Å². The van der Waals surface area contributed by atoms with Crippen molar-refractivity contribution in [3.05, 3.63) is 27.8 Å². The van der Waals surface area contributed by atoms with E-state index >= 15 is 0 Å². The molecule has 2 atom stereocenters. The van der Waals surface area contributed by atoms with Crippen LogP contribution < -0.4 is 10.2 Å². The molecule has 1 aliphatic heterocycles. The molecule has 0 spiro atoms. The number of nitrogens with one attached hydrogen (secondary N) is 1. The molecule has 4 fully saturated rings. The number of nitro benzene ring substituents is 1. The van der Waals surface area contributed by atoms with Gasteiger partial charge in [-0.15, -0.1) is 0 Å². The van der Waals surface area contributed by atoms with E-state index in [4.69, 9.17) is 0 Å². The Hall–Kier alpha value is -2.36. The SMILES string of the molecule is CC(=O)c1cc([N+](=O)[O-])c(NC2(C(C)(C)O)CC2)cc1N1CC2CC2C1.CC1CCC(C(F)(F)F)CC1. The maximum absolute atomic E-state index is 12.1. The molecule has 3 saturated carbocycles. The monoisotopic (exact) mass is 525 g/mol. The number of hydrogen-bond acceptors (Lipinski definition) is 6. The van der Waals surface area contributed by atoms with Crippen LogP contribution in [0.3, 0.4) is 0 Å². The Kier molecular flexibility index (Phi) is 7.29. The highest BCUT2D eigenvalue weighted by Gasteiger charge is 2.55. The fraction of sp³-hybridized carbons (Fsp3) is 0.741. The second-order valence-corrected chi connectivity index (χ2v) is 12.1. The molecule has 3 aliphatic carbocycles. The number of ketones is 1. The molecule has 7 nitrogen and oxygen atoms in total. The molecule has 2 unspecified atom stereocenters. The van der Waals surface area contributed by atoms with Crippen LogP contribution in [0, 0.1) is 33.8 Å². The van der Waals surface area contributed by atoms with Crippen molar-refractivity contribution in [1.29, 1.82) is 0 Å². The van der Waals surface area contributed by atoms with E-state index in [0.29, 0.717) is 41.8 Å². The molecule has 4 aliphatic rings. The van der Waals surface area contributed by atoms with Crippen LogP contribution in [-0.2, 0) is 0 Å². The van der Waals surface area contributed by atoms with Gasteiger partial charge in [-0.2, -0.15) is 13.2 Å². The summed E-state index contributed by atoms with van der Waals surface area (Å²) >= 11 is 0. The van der Waals surface area contributed by atoms with Crippen molar-refractivity contribution in [2.75, 3.05) is 23.3 Å². The third-order valence-corrected chi connectivity index (χ3v) is 8.78. The van der Waals surface area contributed by atoms with E-state index in [0.717, 1.165) is 44.5 Å². The number of benzene rings is 1. The molecule has 0 radical (unpaired) electrons. The zero-order valence-electron chi connectivity index (χ0n) is 22.0. The second kappa shape index (κ2) is 9.75. The maximum Gasteiger partial charge on any atom is 0.391 e. The van der Waals surface area contributed by atoms with E-state index in [-0.39, 0.29) is 11.5 Å². The Labute approximate surface area is 215 Å². The number of hydrogen-bond donors (Lipinski definition) is 2. The largest absolute Gasteiger partial charge is 0.391 e. The minimum Gasteiger partial charge on any atom is -0.388 e. The summed E-state index contributed by atoms with van der Waals surface area (Å²) in [5, 5.41) is 25.3. The number of aliphatic hydroxyl groups is 1. The van der Waals surface area contributed by atoms with Crippen molar-refractivity contribution < 1.29 is 28.0 Å². The summed E-state index contributed by atoms with van der Waals surface area (Å²) in [6.07, 6.45) is 0.965. The molecule has 2 N–H and O–H groups in total. The van der Waals surface area contributed by atoms with Gasteiger partial charge >= 0.3 is 6.18 Å². The van der Waals surface area contributed by atoms with E-state index in [1.165, 1.54) is 19.4 Å². The quantitative estimate of drug-likeness (QED) is 0.256. The normalized spacial score (nSPS) is 28.1. The van der Waals surface area contributed by atoms with Gasteiger partial charge in [0.05, 0.1) is 27.7 Å². The van der Waals surface area contributed by atoms with Crippen molar-refractivity contribution in [2.24, 2.45) is 23.7 Å². The van der Waals surface area contributed by atoms with Gasteiger partial charge in [0.2, 0.25) is 0 Å². The minimum absolute atomic E-state index is 0.112. The summed E-state index contributed by atoms with van der Waals surface area (Å²) in [7, 11) is 0. The van der Waals surface area contributed by atoms with Crippen LogP contribution in [0.25, 0.3) is 0 Å². The van der Waals surface area contributed by atoms with Crippen LogP contribution in [-0.4, -0.2) is 46.2 Å². The fourth-order valence-electron chi connectivity index (χ4n) is 5.83. The van der Waals surface area contributed by atoms with E-state index < -0.39 is 28.2 Å². The average Bonchev–Trinajstić information content (AvgIpc) is 3.70. The summed E-state index contributed by atoms with van der Waals surface area (Å²) < 4.78 is 36.2. The summed E-state index contributed by atoms with van der Waals surface area (Å²) in [6, 6.07) is 3.13. The van der Waals surface area contributed by atoms with Crippen LogP contribution in [0.4, 0.5) is 30.2 Å². The van der Waals surface area contributed by atoms with Crippen LogP contribution in [0.1, 0.15) is 83.0 Å². The van der Waals surface area contributed by atoms with Gasteiger partial charge in [0.1, 0.15) is 5.69 Å². The number of fused-ring (bicyclic) bond motifs is 1. The fourth-order valence-corrected chi connectivity index (χ4v) is 5.83. The molecule has 1 aromatic carbocycles. The molecular weight excluding hydrogens is 487 g/mol. The van der Waals surface area contributed by atoms with Crippen LogP contribution in [0.5, 0.6) is 0 Å². The molecular formula is C27H38F3N3O4. The van der Waals surface area contributed by atoms with Crippen molar-refractivity contribution in [3.63, 3.8) is 0 Å². The number of nitrogens with zero attached hydrogens (tertiary/aromatic N) is 2. The lowest BCUT2D eigenvalue weighted by atomic mass is 9.83. The number of anilines is 2. The molecule has 0 bridgehead atoms. The Balaban J connectivity index is 0.000000245. The second-order valence-electron chi connectivity index (χ2n) is 12.1. The van der Waals surface area contributed by atoms with E-state index in [2.05, 4.69) is 10.2 Å². The summed E-state index contributed by atoms with van der Waals surface area (Å²) in [5.74, 6) is 0.686. The molecule has 1 heterocycles. The number of rotatable bonds is 6. The number of carbonyl (C=O) groups excluding carboxylic acids is 1. The molecule has 0 amide bonds. The first-order valence-electron chi connectivity index (χ1n) is 13.3. The van der Waals surface area contributed by atoms with Gasteiger partial charge in [0, 0.05) is 24.7 Å². The third-order valence-electron chi connectivity index (χ3n) is 8.78. The first kappa shape index (κ1) is 27.7. The molecule has 1 aromatic rings. The summed E-state index contributed by atoms with van der Waals surface area (Å²) in [4.78, 5) is 25.5. The van der Waals surface area contributed by atoms with E-state index in [1.807, 2.05) is 6.92 Å². The Morgan fingerprint density at radius 1 is 1.14 bits per heavy atom. The standard InChI is InChI=1S/C19H25N3O4.C8H13F3/c1-11(23)14-7-17(22(25)26)15(20-19(4-5-19)18(2,3)24)8-16(14)21-9-12-6-13(12)10-21;1-6-2-4-7(5-3-6)8(9,10)11/h7-8,12-13,20,24H,4-6,9-10H2,1-3H3;6-7H,2-5H2,1H3. The lowest BCUT2D eigenvalue weighted by Crippen LogP contribution is -2.44. The lowest BCUT2D eigenvalue weighted by molar-refractivity contribution is -0.384. The molecule has 10 heteroatoms. The number of Topliss-reactive ketones (excluding diaryl/α,β-unsaturated/α-hetero) is 1. The van der Waals surface area contributed by atoms with Gasteiger partial charge < -0.3 is 15.3 Å². The Morgan fingerprint density at radius 3 is 2.14 bits per heavy atom. The van der Waals surface area contributed by atoms with Crippen molar-refractivity contribution in [2.45, 2.75) is 90.0 Å². The summed E-state index contributed by atoms with van der Waals surface area (Å²) in [6.45, 7) is 8.71. The highest BCUT2D eigenvalue weighted by atomic mass is 19.4. The number of alkyl halides is 3. The average molecular weight is 526 g/mol. The maximum atomic E-state index is 12.1. The Bertz CT molecular complexity index is 1030. The van der Waals surface area contributed by atoms with Crippen LogP contribution in [0.15, 0.2) is 12.1 Å². The number of piperidine rings is 1. The van der Waals surface area contributed by atoms with Gasteiger partial charge in [-0.3, -0.25) is 14.9 Å². The first-order chi connectivity index (χ1) is 17.1. The Morgan fingerprint density at radius 2 is 1.70 bits per heavy atom.